The first-order chi connectivity index (χ1) is 13.0. The van der Waals surface area contributed by atoms with Gasteiger partial charge < -0.3 is 9.88 Å². The maximum Gasteiger partial charge on any atom is 0.186 e. The molecule has 9 heteroatoms. The van der Waals surface area contributed by atoms with Crippen molar-refractivity contribution in [2.45, 2.75) is 18.1 Å². The van der Waals surface area contributed by atoms with Crippen molar-refractivity contribution in [2.75, 3.05) is 34.7 Å². The average molecular weight is 420 g/mol. The fraction of sp³-hybridized carbons (Fsp3) is 0.333. The molecule has 2 N–H and O–H groups in total. The largest absolute Gasteiger partial charge is 0.358 e. The molecule has 3 aromatic rings. The molecule has 0 saturated heterocycles. The summed E-state index contributed by atoms with van der Waals surface area (Å²) in [6, 6.07) is 5.99. The van der Waals surface area contributed by atoms with Crippen LogP contribution in [-0.2, 0) is 11.0 Å². The van der Waals surface area contributed by atoms with Crippen LogP contribution in [0, 0.1) is 18.3 Å². The number of nitrogens with one attached hydrogen (secondary N) is 2. The highest BCUT2D eigenvalue weighted by Gasteiger charge is 2.15. The summed E-state index contributed by atoms with van der Waals surface area (Å²) in [6.07, 6.45) is 3.34. The fourth-order valence-corrected chi connectivity index (χ4v) is 5.30. The van der Waals surface area contributed by atoms with E-state index in [0.717, 1.165) is 39.6 Å². The second kappa shape index (κ2) is 8.78. The Balaban J connectivity index is 1.77. The lowest BCUT2D eigenvalue weighted by molar-refractivity contribution is 0.687. The van der Waals surface area contributed by atoms with Crippen molar-refractivity contribution in [2.24, 2.45) is 0 Å². The van der Waals surface area contributed by atoms with E-state index in [4.69, 9.17) is 0 Å². The number of nitrogens with zero attached hydrogens (tertiary/aromatic N) is 3. The van der Waals surface area contributed by atoms with E-state index < -0.39 is 11.0 Å². The van der Waals surface area contributed by atoms with Crippen molar-refractivity contribution in [3.8, 4) is 6.07 Å². The highest BCUT2D eigenvalue weighted by atomic mass is 32.2. The molecule has 0 amide bonds. The highest BCUT2D eigenvalue weighted by molar-refractivity contribution is 7.99. The van der Waals surface area contributed by atoms with Gasteiger partial charge in [-0.1, -0.05) is 24.3 Å². The van der Waals surface area contributed by atoms with Crippen molar-refractivity contribution in [3.63, 3.8) is 0 Å². The zero-order chi connectivity index (χ0) is 19.4. The summed E-state index contributed by atoms with van der Waals surface area (Å²) in [6.45, 7) is 5.01. The topological polar surface area (TPSA) is 84.8 Å². The first kappa shape index (κ1) is 19.7. The lowest BCUT2D eigenvalue weighted by atomic mass is 10.1. The van der Waals surface area contributed by atoms with Crippen LogP contribution in [-0.4, -0.2) is 39.3 Å². The molecule has 0 aliphatic heterocycles. The predicted octanol–water partition coefficient (Wildman–Crippen LogP) is 4.13. The van der Waals surface area contributed by atoms with E-state index in [-0.39, 0.29) is 0 Å². The summed E-state index contributed by atoms with van der Waals surface area (Å²) < 4.78 is 16.5. The molecule has 2 heterocycles. The Hall–Kier alpha value is -2.02. The number of thiazole rings is 1. The molecular weight excluding hydrogens is 398 g/mol. The van der Waals surface area contributed by atoms with E-state index in [1.807, 2.05) is 37.9 Å². The van der Waals surface area contributed by atoms with E-state index in [2.05, 4.69) is 32.6 Å². The number of rotatable bonds is 8. The smallest absolute Gasteiger partial charge is 0.186 e. The van der Waals surface area contributed by atoms with E-state index in [0.29, 0.717) is 15.5 Å². The Bertz CT molecular complexity index is 1000. The van der Waals surface area contributed by atoms with Crippen molar-refractivity contribution in [1.82, 2.24) is 9.97 Å². The van der Waals surface area contributed by atoms with Crippen LogP contribution in [0.2, 0.25) is 0 Å². The third-order valence-electron chi connectivity index (χ3n) is 4.12. The predicted molar refractivity (Wildman–Crippen MR) is 116 cm³/mol. The molecule has 0 saturated carbocycles. The lowest BCUT2D eigenvalue weighted by Crippen LogP contribution is -2.19. The van der Waals surface area contributed by atoms with Gasteiger partial charge >= 0.3 is 0 Å². The van der Waals surface area contributed by atoms with Crippen LogP contribution in [0.5, 0.6) is 0 Å². The van der Waals surface area contributed by atoms with Crippen LogP contribution in [0.15, 0.2) is 28.7 Å². The number of fused-ring (bicyclic) bond motifs is 1. The molecular formula is C18H21N5OS3. The Morgan fingerprint density at radius 1 is 1.48 bits per heavy atom. The first-order valence-corrected chi connectivity index (χ1v) is 11.6. The summed E-state index contributed by atoms with van der Waals surface area (Å²) in [5, 5.41) is 11.0. The van der Waals surface area contributed by atoms with E-state index in [1.165, 1.54) is 11.3 Å². The van der Waals surface area contributed by atoms with Crippen LogP contribution < -0.4 is 9.62 Å². The normalized spacial score (nSPS) is 12.1. The molecule has 6 nitrogen and oxygen atoms in total. The quantitative estimate of drug-likeness (QED) is 0.536. The summed E-state index contributed by atoms with van der Waals surface area (Å²) in [4.78, 5) is 9.60. The minimum absolute atomic E-state index is 0.587. The second-order valence-corrected chi connectivity index (χ2v) is 9.79. The standard InChI is InChI=1S/C18H21N5OS3/c1-4-25-8-7-23(3)18-21-11-15(26-18)27(24)22-14-6-5-12(2)16-13(9-19)10-20-17(14)16/h5-6,10-11,20,22H,4,7-8H2,1-3H3. The summed E-state index contributed by atoms with van der Waals surface area (Å²) in [7, 11) is 0.580. The van der Waals surface area contributed by atoms with Gasteiger partial charge in [-0.25, -0.2) is 9.19 Å². The summed E-state index contributed by atoms with van der Waals surface area (Å²) >= 11 is 3.31. The van der Waals surface area contributed by atoms with E-state index >= 15 is 0 Å². The number of thioether (sulfide) groups is 1. The van der Waals surface area contributed by atoms with Crippen molar-refractivity contribution >= 4 is 55.8 Å². The minimum atomic E-state index is -1.42. The zero-order valence-electron chi connectivity index (χ0n) is 15.4. The number of hydrogen-bond donors (Lipinski definition) is 2. The minimum Gasteiger partial charge on any atom is -0.358 e. The van der Waals surface area contributed by atoms with Gasteiger partial charge in [0.2, 0.25) is 0 Å². The highest BCUT2D eigenvalue weighted by Crippen LogP contribution is 2.30. The molecule has 27 heavy (non-hydrogen) atoms. The SMILES string of the molecule is CCSCCN(C)c1ncc(S(=O)Nc2ccc(C)c3c(C#N)c[nH]c23)s1. The average Bonchev–Trinajstić information content (AvgIpc) is 3.31. The molecule has 0 radical (unpaired) electrons. The van der Waals surface area contributed by atoms with Gasteiger partial charge in [0.15, 0.2) is 16.1 Å². The van der Waals surface area contributed by atoms with Crippen molar-refractivity contribution in [3.05, 3.63) is 35.7 Å². The summed E-state index contributed by atoms with van der Waals surface area (Å²) in [5.41, 5.74) is 3.09. The molecule has 0 aliphatic carbocycles. The number of hydrogen-bond acceptors (Lipinski definition) is 6. The van der Waals surface area contributed by atoms with Gasteiger partial charge in [-0.15, -0.1) is 0 Å². The number of H-pyrrole nitrogens is 1. The van der Waals surface area contributed by atoms with Gasteiger partial charge in [-0.05, 0) is 24.3 Å². The number of aromatic nitrogens is 2. The van der Waals surface area contributed by atoms with Crippen molar-refractivity contribution < 1.29 is 4.21 Å². The molecule has 142 valence electrons. The van der Waals surface area contributed by atoms with Crippen molar-refractivity contribution in [1.29, 1.82) is 5.26 Å². The maximum atomic E-state index is 12.8. The molecule has 1 aromatic carbocycles. The van der Waals surface area contributed by atoms with E-state index in [9.17, 15) is 9.47 Å². The fourth-order valence-electron chi connectivity index (χ4n) is 2.70. The lowest BCUT2D eigenvalue weighted by Gasteiger charge is -2.14. The monoisotopic (exact) mass is 419 g/mol. The van der Waals surface area contributed by atoms with Crippen LogP contribution in [0.1, 0.15) is 18.1 Å². The van der Waals surface area contributed by atoms with Gasteiger partial charge in [-0.2, -0.15) is 17.0 Å². The molecule has 2 aromatic heterocycles. The molecule has 0 aliphatic rings. The van der Waals surface area contributed by atoms with Crippen LogP contribution in [0.25, 0.3) is 10.9 Å². The van der Waals surface area contributed by atoms with Crippen LogP contribution >= 0.6 is 23.1 Å². The first-order valence-electron chi connectivity index (χ1n) is 8.49. The molecule has 0 fully saturated rings. The second-order valence-electron chi connectivity index (χ2n) is 5.95. The van der Waals surface area contributed by atoms with Gasteiger partial charge in [0.05, 0.1) is 23.0 Å². The number of benzene rings is 1. The van der Waals surface area contributed by atoms with Gasteiger partial charge in [0, 0.05) is 30.9 Å². The Morgan fingerprint density at radius 3 is 3.04 bits per heavy atom. The third-order valence-corrected chi connectivity index (χ3v) is 7.49. The third kappa shape index (κ3) is 4.29. The maximum absolute atomic E-state index is 12.8. The number of aryl methyl sites for hydroxylation is 1. The van der Waals surface area contributed by atoms with Crippen LogP contribution in [0.3, 0.4) is 0 Å². The van der Waals surface area contributed by atoms with Gasteiger partial charge in [0.25, 0.3) is 0 Å². The van der Waals surface area contributed by atoms with Gasteiger partial charge in [0.1, 0.15) is 10.3 Å². The van der Waals surface area contributed by atoms with Gasteiger partial charge in [-0.3, -0.25) is 4.72 Å². The number of nitriles is 1. The summed E-state index contributed by atoms with van der Waals surface area (Å²) in [5.74, 6) is 2.14. The Kier molecular flexibility index (Phi) is 6.42. The zero-order valence-corrected chi connectivity index (χ0v) is 17.9. The molecule has 1 unspecified atom stereocenters. The van der Waals surface area contributed by atoms with E-state index in [1.54, 1.807) is 12.4 Å². The Morgan fingerprint density at radius 2 is 2.30 bits per heavy atom. The molecule has 0 spiro atoms. The number of aromatic amines is 1. The molecule has 1 atom stereocenters. The number of anilines is 2. The molecule has 3 rings (SSSR count). The molecule has 0 bridgehead atoms. The Labute approximate surface area is 169 Å². The van der Waals surface area contributed by atoms with Crippen LogP contribution in [0.4, 0.5) is 10.8 Å².